The van der Waals surface area contributed by atoms with Crippen molar-refractivity contribution in [3.05, 3.63) is 53.9 Å². The van der Waals surface area contributed by atoms with Gasteiger partial charge >= 0.3 is 0 Å². The Bertz CT molecular complexity index is 436. The predicted octanol–water partition coefficient (Wildman–Crippen LogP) is 3.49. The molecule has 1 aromatic carbocycles. The summed E-state index contributed by atoms with van der Waals surface area (Å²) in [6, 6.07) is 10.5. The standard InChI is InChI=1S/C13H15BrN2/c1-16-10-11(9-15-16)7-8-13(14)12-5-3-2-4-6-12/h2-6,9-10,13H,7-8H2,1H3. The van der Waals surface area contributed by atoms with Gasteiger partial charge in [-0.25, -0.2) is 0 Å². The summed E-state index contributed by atoms with van der Waals surface area (Å²) >= 11 is 3.72. The van der Waals surface area contributed by atoms with Crippen LogP contribution in [0.4, 0.5) is 0 Å². The number of aromatic nitrogens is 2. The molecule has 2 aromatic rings. The SMILES string of the molecule is Cn1cc(CCC(Br)c2ccccc2)cn1. The van der Waals surface area contributed by atoms with E-state index in [0.29, 0.717) is 4.83 Å². The lowest BCUT2D eigenvalue weighted by Crippen LogP contribution is -1.92. The molecule has 0 amide bonds. The molecule has 0 aliphatic carbocycles. The van der Waals surface area contributed by atoms with E-state index in [1.54, 1.807) is 0 Å². The molecular weight excluding hydrogens is 264 g/mol. The van der Waals surface area contributed by atoms with Crippen LogP contribution in [0.5, 0.6) is 0 Å². The highest BCUT2D eigenvalue weighted by Crippen LogP contribution is 2.27. The fourth-order valence-electron chi connectivity index (χ4n) is 1.72. The molecule has 0 saturated carbocycles. The Morgan fingerprint density at radius 1 is 1.31 bits per heavy atom. The van der Waals surface area contributed by atoms with Crippen molar-refractivity contribution in [1.29, 1.82) is 0 Å². The van der Waals surface area contributed by atoms with Crippen LogP contribution in [-0.2, 0) is 13.5 Å². The van der Waals surface area contributed by atoms with Gasteiger partial charge in [0.1, 0.15) is 0 Å². The lowest BCUT2D eigenvalue weighted by atomic mass is 10.1. The van der Waals surface area contributed by atoms with Gasteiger partial charge in [0.25, 0.3) is 0 Å². The van der Waals surface area contributed by atoms with Crippen LogP contribution in [0.1, 0.15) is 22.4 Å². The molecule has 2 nitrogen and oxygen atoms in total. The van der Waals surface area contributed by atoms with Crippen molar-refractivity contribution in [3.63, 3.8) is 0 Å². The van der Waals surface area contributed by atoms with Crippen LogP contribution in [0.3, 0.4) is 0 Å². The van der Waals surface area contributed by atoms with Gasteiger partial charge in [0.05, 0.1) is 6.20 Å². The van der Waals surface area contributed by atoms with Gasteiger partial charge in [0.15, 0.2) is 0 Å². The summed E-state index contributed by atoms with van der Waals surface area (Å²) in [5, 5.41) is 4.17. The zero-order valence-electron chi connectivity index (χ0n) is 9.31. The van der Waals surface area contributed by atoms with Crippen molar-refractivity contribution < 1.29 is 0 Å². The smallest absolute Gasteiger partial charge is 0.0521 e. The van der Waals surface area contributed by atoms with E-state index >= 15 is 0 Å². The van der Waals surface area contributed by atoms with E-state index in [2.05, 4.69) is 51.5 Å². The number of hydrogen-bond acceptors (Lipinski definition) is 1. The highest BCUT2D eigenvalue weighted by atomic mass is 79.9. The average Bonchev–Trinajstić information content (AvgIpc) is 2.73. The van der Waals surface area contributed by atoms with E-state index in [9.17, 15) is 0 Å². The van der Waals surface area contributed by atoms with Gasteiger partial charge in [-0.3, -0.25) is 4.68 Å². The first kappa shape index (κ1) is 11.4. The molecule has 1 heterocycles. The number of aryl methyl sites for hydroxylation is 2. The molecule has 0 bridgehead atoms. The maximum atomic E-state index is 4.17. The fraction of sp³-hybridized carbons (Fsp3) is 0.308. The average molecular weight is 279 g/mol. The third-order valence-electron chi connectivity index (χ3n) is 2.61. The lowest BCUT2D eigenvalue weighted by Gasteiger charge is -2.08. The number of nitrogens with zero attached hydrogens (tertiary/aromatic N) is 2. The third-order valence-corrected chi connectivity index (χ3v) is 3.59. The summed E-state index contributed by atoms with van der Waals surface area (Å²) in [7, 11) is 1.95. The highest BCUT2D eigenvalue weighted by molar-refractivity contribution is 9.09. The van der Waals surface area contributed by atoms with Crippen LogP contribution in [-0.4, -0.2) is 9.78 Å². The maximum absolute atomic E-state index is 4.17. The van der Waals surface area contributed by atoms with Crippen molar-refractivity contribution in [3.8, 4) is 0 Å². The molecule has 0 aliphatic heterocycles. The molecule has 2 rings (SSSR count). The van der Waals surface area contributed by atoms with Crippen molar-refractivity contribution >= 4 is 15.9 Å². The van der Waals surface area contributed by atoms with Crippen LogP contribution >= 0.6 is 15.9 Å². The number of hydrogen-bond donors (Lipinski definition) is 0. The zero-order chi connectivity index (χ0) is 11.4. The molecular formula is C13H15BrN2. The lowest BCUT2D eigenvalue weighted by molar-refractivity contribution is 0.764. The number of rotatable bonds is 4. The van der Waals surface area contributed by atoms with E-state index in [1.807, 2.05) is 24.0 Å². The van der Waals surface area contributed by atoms with Gasteiger partial charge in [0, 0.05) is 18.1 Å². The van der Waals surface area contributed by atoms with Crippen LogP contribution in [0.15, 0.2) is 42.7 Å². The first-order chi connectivity index (χ1) is 7.75. The Hall–Kier alpha value is -1.09. The Balaban J connectivity index is 1.91. The first-order valence-electron chi connectivity index (χ1n) is 5.42. The molecule has 0 aliphatic rings. The van der Waals surface area contributed by atoms with E-state index in [0.717, 1.165) is 12.8 Å². The van der Waals surface area contributed by atoms with E-state index in [4.69, 9.17) is 0 Å². The summed E-state index contributed by atoms with van der Waals surface area (Å²) in [6.07, 6.45) is 6.16. The fourth-order valence-corrected chi connectivity index (χ4v) is 2.26. The second-order valence-corrected chi connectivity index (χ2v) is 5.04. The van der Waals surface area contributed by atoms with Gasteiger partial charge < -0.3 is 0 Å². The first-order valence-corrected chi connectivity index (χ1v) is 6.34. The van der Waals surface area contributed by atoms with Crippen molar-refractivity contribution in [2.24, 2.45) is 7.05 Å². The van der Waals surface area contributed by atoms with Crippen molar-refractivity contribution in [1.82, 2.24) is 9.78 Å². The van der Waals surface area contributed by atoms with Gasteiger partial charge in [-0.05, 0) is 24.0 Å². The quantitative estimate of drug-likeness (QED) is 0.783. The van der Waals surface area contributed by atoms with Gasteiger partial charge in [-0.1, -0.05) is 46.3 Å². The molecule has 3 heteroatoms. The van der Waals surface area contributed by atoms with Gasteiger partial charge in [-0.15, -0.1) is 0 Å². The number of alkyl halides is 1. The van der Waals surface area contributed by atoms with Gasteiger partial charge in [-0.2, -0.15) is 5.10 Å². The zero-order valence-corrected chi connectivity index (χ0v) is 10.9. The highest BCUT2D eigenvalue weighted by Gasteiger charge is 2.07. The minimum atomic E-state index is 0.425. The molecule has 1 unspecified atom stereocenters. The van der Waals surface area contributed by atoms with E-state index < -0.39 is 0 Å². The number of halogens is 1. The summed E-state index contributed by atoms with van der Waals surface area (Å²) in [4.78, 5) is 0.425. The topological polar surface area (TPSA) is 17.8 Å². The normalized spacial score (nSPS) is 12.6. The van der Waals surface area contributed by atoms with E-state index in [1.165, 1.54) is 11.1 Å². The second kappa shape index (κ2) is 5.30. The van der Waals surface area contributed by atoms with Crippen LogP contribution in [0, 0.1) is 0 Å². The van der Waals surface area contributed by atoms with Gasteiger partial charge in [0.2, 0.25) is 0 Å². The Morgan fingerprint density at radius 2 is 2.06 bits per heavy atom. The molecule has 16 heavy (non-hydrogen) atoms. The summed E-state index contributed by atoms with van der Waals surface area (Å²) in [6.45, 7) is 0. The summed E-state index contributed by atoms with van der Waals surface area (Å²) < 4.78 is 1.85. The van der Waals surface area contributed by atoms with Crippen LogP contribution in [0.2, 0.25) is 0 Å². The monoisotopic (exact) mass is 278 g/mol. The Morgan fingerprint density at radius 3 is 2.69 bits per heavy atom. The molecule has 1 atom stereocenters. The predicted molar refractivity (Wildman–Crippen MR) is 69.6 cm³/mol. The summed E-state index contributed by atoms with van der Waals surface area (Å²) in [5.74, 6) is 0. The molecule has 0 saturated heterocycles. The maximum Gasteiger partial charge on any atom is 0.0521 e. The molecule has 0 spiro atoms. The van der Waals surface area contributed by atoms with Crippen molar-refractivity contribution in [2.45, 2.75) is 17.7 Å². The van der Waals surface area contributed by atoms with E-state index in [-0.39, 0.29) is 0 Å². The molecule has 0 fully saturated rings. The molecule has 84 valence electrons. The molecule has 0 radical (unpaired) electrons. The van der Waals surface area contributed by atoms with Crippen LogP contribution < -0.4 is 0 Å². The minimum absolute atomic E-state index is 0.425. The molecule has 1 aromatic heterocycles. The third kappa shape index (κ3) is 2.95. The largest absolute Gasteiger partial charge is 0.276 e. The Kier molecular flexibility index (Phi) is 3.78. The van der Waals surface area contributed by atoms with Crippen molar-refractivity contribution in [2.75, 3.05) is 0 Å². The number of benzene rings is 1. The molecule has 0 N–H and O–H groups in total. The second-order valence-electron chi connectivity index (χ2n) is 3.94. The summed E-state index contributed by atoms with van der Waals surface area (Å²) in [5.41, 5.74) is 2.63. The Labute approximate surface area is 104 Å². The minimum Gasteiger partial charge on any atom is -0.276 e. The van der Waals surface area contributed by atoms with Crippen LogP contribution in [0.25, 0.3) is 0 Å².